The van der Waals surface area contributed by atoms with Gasteiger partial charge >= 0.3 is 0 Å². The first-order valence-electron chi connectivity index (χ1n) is 5.23. The van der Waals surface area contributed by atoms with Crippen LogP contribution in [0.15, 0.2) is 28.9 Å². The van der Waals surface area contributed by atoms with Gasteiger partial charge in [0.25, 0.3) is 5.91 Å². The van der Waals surface area contributed by atoms with E-state index in [1.807, 2.05) is 6.92 Å². The van der Waals surface area contributed by atoms with Crippen LogP contribution in [0.1, 0.15) is 16.1 Å². The molecule has 1 amide bonds. The normalized spacial score (nSPS) is 10.3. The average molecular weight is 361 g/mol. The molecule has 0 aliphatic heterocycles. The fraction of sp³-hybridized carbons (Fsp3) is 0.0833. The quantitative estimate of drug-likeness (QED) is 0.820. The Balaban J connectivity index is 2.25. The lowest BCUT2D eigenvalue weighted by atomic mass is 10.3. The zero-order valence-electron chi connectivity index (χ0n) is 9.75. The molecule has 0 aliphatic carbocycles. The van der Waals surface area contributed by atoms with E-state index in [1.165, 1.54) is 12.1 Å². The van der Waals surface area contributed by atoms with Crippen molar-refractivity contribution in [2.45, 2.75) is 6.92 Å². The number of aryl methyl sites for hydroxylation is 1. The highest BCUT2D eigenvalue weighted by atomic mass is 79.9. The molecule has 2 rings (SSSR count). The predicted molar refractivity (Wildman–Crippen MR) is 78.9 cm³/mol. The van der Waals surface area contributed by atoms with Crippen LogP contribution in [0.4, 0.5) is 5.82 Å². The summed E-state index contributed by atoms with van der Waals surface area (Å²) in [4.78, 5) is 20.0. The molecule has 7 heteroatoms. The molecule has 0 aromatic carbocycles. The highest BCUT2D eigenvalue weighted by Crippen LogP contribution is 2.20. The summed E-state index contributed by atoms with van der Waals surface area (Å²) >= 11 is 15.0. The number of rotatable bonds is 2. The van der Waals surface area contributed by atoms with Crippen molar-refractivity contribution in [1.29, 1.82) is 0 Å². The molecule has 0 bridgehead atoms. The van der Waals surface area contributed by atoms with Gasteiger partial charge in [-0.05, 0) is 46.6 Å². The second-order valence-corrected chi connectivity index (χ2v) is 5.39. The standard InChI is InChI=1S/C12H8BrCl2N3O/c1-6-4-10(16-5-7(6)13)18-12(19)11-8(14)2-3-9(15)17-11/h2-5H,1H3,(H,16,18,19). The van der Waals surface area contributed by atoms with Gasteiger partial charge in [0.15, 0.2) is 0 Å². The molecule has 0 aliphatic rings. The van der Waals surface area contributed by atoms with E-state index in [0.717, 1.165) is 10.0 Å². The van der Waals surface area contributed by atoms with Crippen LogP contribution in [0.5, 0.6) is 0 Å². The van der Waals surface area contributed by atoms with Crippen LogP contribution >= 0.6 is 39.1 Å². The van der Waals surface area contributed by atoms with Gasteiger partial charge < -0.3 is 5.32 Å². The molecule has 0 atom stereocenters. The Hall–Kier alpha value is -1.17. The molecule has 4 nitrogen and oxygen atoms in total. The third-order valence-corrected chi connectivity index (χ3v) is 3.66. The summed E-state index contributed by atoms with van der Waals surface area (Å²) in [5.41, 5.74) is 1.02. The van der Waals surface area contributed by atoms with E-state index in [9.17, 15) is 4.79 Å². The maximum Gasteiger partial charge on any atom is 0.277 e. The SMILES string of the molecule is Cc1cc(NC(=O)c2nc(Cl)ccc2Cl)ncc1Br. The number of nitrogens with zero attached hydrogens (tertiary/aromatic N) is 2. The summed E-state index contributed by atoms with van der Waals surface area (Å²) in [6.45, 7) is 1.89. The molecule has 1 N–H and O–H groups in total. The number of pyridine rings is 2. The summed E-state index contributed by atoms with van der Waals surface area (Å²) in [7, 11) is 0. The zero-order valence-corrected chi connectivity index (χ0v) is 12.8. The largest absolute Gasteiger partial charge is 0.305 e. The van der Waals surface area contributed by atoms with Gasteiger partial charge in [0.05, 0.1) is 5.02 Å². The molecule has 0 radical (unpaired) electrons. The summed E-state index contributed by atoms with van der Waals surface area (Å²) in [6.07, 6.45) is 1.61. The predicted octanol–water partition coefficient (Wildman–Crippen LogP) is 4.11. The fourth-order valence-corrected chi connectivity index (χ4v) is 1.92. The van der Waals surface area contributed by atoms with Gasteiger partial charge in [-0.1, -0.05) is 23.2 Å². The first-order chi connectivity index (χ1) is 8.97. The van der Waals surface area contributed by atoms with Crippen molar-refractivity contribution in [2.24, 2.45) is 0 Å². The molecular formula is C12H8BrCl2N3O. The number of anilines is 1. The van der Waals surface area contributed by atoms with Crippen LogP contribution in [0, 0.1) is 6.92 Å². The number of carbonyl (C=O) groups is 1. The highest BCUT2D eigenvalue weighted by molar-refractivity contribution is 9.10. The summed E-state index contributed by atoms with van der Waals surface area (Å²) in [6, 6.07) is 4.77. The molecule has 2 aromatic rings. The van der Waals surface area contributed by atoms with Crippen molar-refractivity contribution < 1.29 is 4.79 Å². The topological polar surface area (TPSA) is 54.9 Å². The van der Waals surface area contributed by atoms with Crippen molar-refractivity contribution in [3.63, 3.8) is 0 Å². The van der Waals surface area contributed by atoms with Crippen LogP contribution in [0.2, 0.25) is 10.2 Å². The number of hydrogen-bond donors (Lipinski definition) is 1. The molecule has 0 fully saturated rings. The Morgan fingerprint density at radius 1 is 1.37 bits per heavy atom. The molecule has 0 saturated heterocycles. The van der Waals surface area contributed by atoms with Crippen molar-refractivity contribution in [1.82, 2.24) is 9.97 Å². The van der Waals surface area contributed by atoms with E-state index in [1.54, 1.807) is 12.3 Å². The van der Waals surface area contributed by atoms with Crippen LogP contribution in [-0.4, -0.2) is 15.9 Å². The minimum absolute atomic E-state index is 0.0662. The van der Waals surface area contributed by atoms with Gasteiger partial charge in [0, 0.05) is 10.7 Å². The number of amides is 1. The van der Waals surface area contributed by atoms with E-state index in [2.05, 4.69) is 31.2 Å². The Morgan fingerprint density at radius 2 is 2.11 bits per heavy atom. The minimum atomic E-state index is -0.457. The summed E-state index contributed by atoms with van der Waals surface area (Å²) in [5.74, 6) is -0.0368. The van der Waals surface area contributed by atoms with Crippen LogP contribution in [-0.2, 0) is 0 Å². The number of hydrogen-bond acceptors (Lipinski definition) is 3. The first-order valence-corrected chi connectivity index (χ1v) is 6.78. The second-order valence-electron chi connectivity index (χ2n) is 3.74. The first kappa shape index (κ1) is 14.2. The molecule has 0 saturated carbocycles. The Morgan fingerprint density at radius 3 is 2.79 bits per heavy atom. The second kappa shape index (κ2) is 5.86. The molecule has 0 spiro atoms. The third kappa shape index (κ3) is 3.43. The molecule has 2 aromatic heterocycles. The maximum atomic E-state index is 12.0. The lowest BCUT2D eigenvalue weighted by molar-refractivity contribution is 0.102. The third-order valence-electron chi connectivity index (χ3n) is 2.32. The van der Waals surface area contributed by atoms with Crippen LogP contribution in [0.25, 0.3) is 0 Å². The monoisotopic (exact) mass is 359 g/mol. The number of aromatic nitrogens is 2. The minimum Gasteiger partial charge on any atom is -0.305 e. The van der Waals surface area contributed by atoms with E-state index >= 15 is 0 Å². The van der Waals surface area contributed by atoms with E-state index in [-0.39, 0.29) is 15.9 Å². The van der Waals surface area contributed by atoms with Crippen LogP contribution in [0.3, 0.4) is 0 Å². The fourth-order valence-electron chi connectivity index (χ4n) is 1.36. The van der Waals surface area contributed by atoms with Gasteiger partial charge in [-0.15, -0.1) is 0 Å². The Labute approximate surface area is 128 Å². The number of carbonyl (C=O) groups excluding carboxylic acids is 1. The van der Waals surface area contributed by atoms with Gasteiger partial charge in [0.2, 0.25) is 0 Å². The van der Waals surface area contributed by atoms with Crippen molar-refractivity contribution in [3.8, 4) is 0 Å². The van der Waals surface area contributed by atoms with E-state index < -0.39 is 5.91 Å². The zero-order chi connectivity index (χ0) is 14.0. The Bertz CT molecular complexity index is 649. The molecular weight excluding hydrogens is 353 g/mol. The molecule has 0 unspecified atom stereocenters. The molecule has 98 valence electrons. The maximum absolute atomic E-state index is 12.0. The lowest BCUT2D eigenvalue weighted by Crippen LogP contribution is -2.15. The number of nitrogens with one attached hydrogen (secondary N) is 1. The van der Waals surface area contributed by atoms with Gasteiger partial charge in [-0.2, -0.15) is 0 Å². The van der Waals surface area contributed by atoms with Crippen LogP contribution < -0.4 is 5.32 Å². The average Bonchev–Trinajstić information content (AvgIpc) is 2.36. The van der Waals surface area contributed by atoms with Gasteiger partial charge in [0.1, 0.15) is 16.7 Å². The molecule has 19 heavy (non-hydrogen) atoms. The highest BCUT2D eigenvalue weighted by Gasteiger charge is 2.14. The van der Waals surface area contributed by atoms with Gasteiger partial charge in [-0.3, -0.25) is 4.79 Å². The molecule has 2 heterocycles. The van der Waals surface area contributed by atoms with Crippen molar-refractivity contribution in [3.05, 3.63) is 50.3 Å². The van der Waals surface area contributed by atoms with Gasteiger partial charge in [-0.25, -0.2) is 9.97 Å². The lowest BCUT2D eigenvalue weighted by Gasteiger charge is -2.07. The van der Waals surface area contributed by atoms with E-state index in [0.29, 0.717) is 5.82 Å². The van der Waals surface area contributed by atoms with Crippen molar-refractivity contribution >= 4 is 50.9 Å². The number of halogens is 3. The Kier molecular flexibility index (Phi) is 4.39. The smallest absolute Gasteiger partial charge is 0.277 e. The van der Waals surface area contributed by atoms with E-state index in [4.69, 9.17) is 23.2 Å². The summed E-state index contributed by atoms with van der Waals surface area (Å²) < 4.78 is 0.865. The van der Waals surface area contributed by atoms with Crippen molar-refractivity contribution in [2.75, 3.05) is 5.32 Å². The summed E-state index contributed by atoms with van der Waals surface area (Å²) in [5, 5.41) is 3.05.